The van der Waals surface area contributed by atoms with Crippen LogP contribution in [0.1, 0.15) is 23.6 Å². The summed E-state index contributed by atoms with van der Waals surface area (Å²) in [6.45, 7) is 6.59. The lowest BCUT2D eigenvalue weighted by molar-refractivity contribution is 0.0730. The molecule has 162 valence electrons. The SMILES string of the molecule is C/C(=N\NS(=O)(=O)c1cc(C)ccc1C)c1ccc(S(=O)(=O)N2CCOCC2)cc1. The van der Waals surface area contributed by atoms with Gasteiger partial charge in [-0.15, -0.1) is 0 Å². The number of ether oxygens (including phenoxy) is 1. The van der Waals surface area contributed by atoms with Crippen LogP contribution in [0.4, 0.5) is 0 Å². The molecule has 0 spiro atoms. The molecule has 1 heterocycles. The Bertz CT molecular complexity index is 1150. The van der Waals surface area contributed by atoms with E-state index in [-0.39, 0.29) is 9.79 Å². The Hall–Kier alpha value is -2.27. The predicted octanol–water partition coefficient (Wildman–Crippen LogP) is 2.03. The van der Waals surface area contributed by atoms with Crippen LogP contribution < -0.4 is 4.83 Å². The standard InChI is InChI=1S/C20H25N3O5S2/c1-15-4-5-16(2)20(14-15)29(24,25)22-21-17(3)18-6-8-19(9-7-18)30(26,27)23-10-12-28-13-11-23/h4-9,14,22H,10-13H2,1-3H3/b21-17+. The van der Waals surface area contributed by atoms with E-state index in [1.165, 1.54) is 16.4 Å². The van der Waals surface area contributed by atoms with Crippen molar-refractivity contribution in [2.24, 2.45) is 5.10 Å². The van der Waals surface area contributed by atoms with Gasteiger partial charge in [0.1, 0.15) is 0 Å². The fourth-order valence-electron chi connectivity index (χ4n) is 3.04. The van der Waals surface area contributed by atoms with Crippen molar-refractivity contribution in [2.45, 2.75) is 30.6 Å². The zero-order valence-corrected chi connectivity index (χ0v) is 18.8. The Kier molecular flexibility index (Phi) is 6.61. The lowest BCUT2D eigenvalue weighted by Crippen LogP contribution is -2.40. The first-order chi connectivity index (χ1) is 14.1. The maximum absolute atomic E-state index is 12.7. The van der Waals surface area contributed by atoms with Gasteiger partial charge >= 0.3 is 0 Å². The van der Waals surface area contributed by atoms with E-state index in [0.29, 0.717) is 43.1 Å². The minimum Gasteiger partial charge on any atom is -0.379 e. The highest BCUT2D eigenvalue weighted by Gasteiger charge is 2.26. The molecule has 1 N–H and O–H groups in total. The smallest absolute Gasteiger partial charge is 0.276 e. The highest BCUT2D eigenvalue weighted by molar-refractivity contribution is 7.89. The molecule has 0 aliphatic carbocycles. The van der Waals surface area contributed by atoms with E-state index in [9.17, 15) is 16.8 Å². The highest BCUT2D eigenvalue weighted by atomic mass is 32.2. The Morgan fingerprint density at radius 2 is 1.63 bits per heavy atom. The normalized spacial score (nSPS) is 16.4. The molecule has 1 fully saturated rings. The average Bonchev–Trinajstić information content (AvgIpc) is 2.74. The zero-order chi connectivity index (χ0) is 21.9. The second-order valence-corrected chi connectivity index (χ2v) is 10.7. The molecule has 0 unspecified atom stereocenters. The minimum absolute atomic E-state index is 0.172. The van der Waals surface area contributed by atoms with Crippen molar-refractivity contribution in [1.82, 2.24) is 9.14 Å². The van der Waals surface area contributed by atoms with Gasteiger partial charge in [0.2, 0.25) is 10.0 Å². The molecule has 0 aromatic heterocycles. The maximum atomic E-state index is 12.7. The quantitative estimate of drug-likeness (QED) is 0.534. The molecule has 1 saturated heterocycles. The lowest BCUT2D eigenvalue weighted by atomic mass is 10.1. The molecule has 2 aromatic carbocycles. The first-order valence-corrected chi connectivity index (χ1v) is 12.4. The van der Waals surface area contributed by atoms with Crippen molar-refractivity contribution < 1.29 is 21.6 Å². The summed E-state index contributed by atoms with van der Waals surface area (Å²) in [7, 11) is -7.40. The Morgan fingerprint density at radius 1 is 1.00 bits per heavy atom. The molecule has 0 amide bonds. The molecule has 2 aromatic rings. The Balaban J connectivity index is 1.77. The van der Waals surface area contributed by atoms with Crippen molar-refractivity contribution in [1.29, 1.82) is 0 Å². The molecule has 0 saturated carbocycles. The Morgan fingerprint density at radius 3 is 2.27 bits per heavy atom. The molecule has 8 nitrogen and oxygen atoms in total. The van der Waals surface area contributed by atoms with Gasteiger partial charge in [-0.1, -0.05) is 24.3 Å². The molecule has 1 aliphatic rings. The number of aryl methyl sites for hydroxylation is 2. The number of nitrogens with one attached hydrogen (secondary N) is 1. The molecule has 10 heteroatoms. The summed E-state index contributed by atoms with van der Waals surface area (Å²) in [4.78, 5) is 2.61. The summed E-state index contributed by atoms with van der Waals surface area (Å²) in [5.74, 6) is 0. The second kappa shape index (κ2) is 8.84. The van der Waals surface area contributed by atoms with Crippen LogP contribution in [-0.4, -0.2) is 53.2 Å². The molecular weight excluding hydrogens is 426 g/mol. The summed E-state index contributed by atoms with van der Waals surface area (Å²) in [5, 5.41) is 4.00. The second-order valence-electron chi connectivity index (χ2n) is 7.10. The molecule has 3 rings (SSSR count). The number of nitrogens with zero attached hydrogens (tertiary/aromatic N) is 2. The monoisotopic (exact) mass is 451 g/mol. The van der Waals surface area contributed by atoms with Crippen molar-refractivity contribution in [2.75, 3.05) is 26.3 Å². The van der Waals surface area contributed by atoms with E-state index in [2.05, 4.69) is 9.93 Å². The lowest BCUT2D eigenvalue weighted by Gasteiger charge is -2.26. The van der Waals surface area contributed by atoms with Gasteiger partial charge in [-0.05, 0) is 55.7 Å². The molecule has 0 atom stereocenters. The van der Waals surface area contributed by atoms with Crippen molar-refractivity contribution in [3.63, 3.8) is 0 Å². The van der Waals surface area contributed by atoms with Crippen molar-refractivity contribution in [3.05, 3.63) is 59.2 Å². The van der Waals surface area contributed by atoms with Crippen LogP contribution in [0.3, 0.4) is 0 Å². The van der Waals surface area contributed by atoms with Crippen LogP contribution in [0.25, 0.3) is 0 Å². The van der Waals surface area contributed by atoms with Crippen LogP contribution in [0, 0.1) is 13.8 Å². The van der Waals surface area contributed by atoms with Gasteiger partial charge in [0.25, 0.3) is 10.0 Å². The topological polar surface area (TPSA) is 105 Å². The summed E-state index contributed by atoms with van der Waals surface area (Å²) in [6.07, 6.45) is 0. The van der Waals surface area contributed by atoms with Gasteiger partial charge in [0.05, 0.1) is 28.7 Å². The van der Waals surface area contributed by atoms with Crippen molar-refractivity contribution in [3.8, 4) is 0 Å². The number of morpholine rings is 1. The first kappa shape index (κ1) is 22.4. The fourth-order valence-corrected chi connectivity index (χ4v) is 5.64. The third-order valence-electron chi connectivity index (χ3n) is 4.85. The predicted molar refractivity (Wildman–Crippen MR) is 114 cm³/mol. The van der Waals surface area contributed by atoms with Gasteiger partial charge in [-0.3, -0.25) is 0 Å². The van der Waals surface area contributed by atoms with E-state index < -0.39 is 20.0 Å². The van der Waals surface area contributed by atoms with Gasteiger partial charge in [-0.25, -0.2) is 8.42 Å². The Labute approximate surface area is 177 Å². The van der Waals surface area contributed by atoms with Crippen molar-refractivity contribution >= 4 is 25.8 Å². The van der Waals surface area contributed by atoms with Crippen LogP contribution >= 0.6 is 0 Å². The third kappa shape index (κ3) is 4.89. The number of benzene rings is 2. The van der Waals surface area contributed by atoms with E-state index in [1.807, 2.05) is 13.0 Å². The van der Waals surface area contributed by atoms with Gasteiger partial charge < -0.3 is 4.74 Å². The largest absolute Gasteiger partial charge is 0.379 e. The van der Waals surface area contributed by atoms with E-state index in [0.717, 1.165) is 5.56 Å². The fraction of sp³-hybridized carbons (Fsp3) is 0.350. The van der Waals surface area contributed by atoms with Crippen LogP contribution in [0.15, 0.2) is 57.4 Å². The molecule has 0 radical (unpaired) electrons. The zero-order valence-electron chi connectivity index (χ0n) is 17.1. The minimum atomic E-state index is -3.81. The van der Waals surface area contributed by atoms with E-state index in [1.54, 1.807) is 38.1 Å². The van der Waals surface area contributed by atoms with Crippen LogP contribution in [0.2, 0.25) is 0 Å². The van der Waals surface area contributed by atoms with Gasteiger partial charge in [0, 0.05) is 13.1 Å². The number of hydrazone groups is 1. The third-order valence-corrected chi connectivity index (χ3v) is 8.11. The van der Waals surface area contributed by atoms with E-state index >= 15 is 0 Å². The number of sulfonamides is 2. The van der Waals surface area contributed by atoms with E-state index in [4.69, 9.17) is 4.74 Å². The summed E-state index contributed by atoms with van der Waals surface area (Å²) in [5.41, 5.74) is 2.48. The molecule has 1 aliphatic heterocycles. The maximum Gasteiger partial charge on any atom is 0.276 e. The number of hydrogen-bond acceptors (Lipinski definition) is 6. The van der Waals surface area contributed by atoms with Gasteiger partial charge in [0.15, 0.2) is 0 Å². The average molecular weight is 452 g/mol. The first-order valence-electron chi connectivity index (χ1n) is 9.43. The molecule has 0 bridgehead atoms. The van der Waals surface area contributed by atoms with Crippen LogP contribution in [-0.2, 0) is 24.8 Å². The highest BCUT2D eigenvalue weighted by Crippen LogP contribution is 2.19. The van der Waals surface area contributed by atoms with Crippen LogP contribution in [0.5, 0.6) is 0 Å². The van der Waals surface area contributed by atoms with Gasteiger partial charge in [-0.2, -0.15) is 22.7 Å². The molecular formula is C20H25N3O5S2. The summed E-state index contributed by atoms with van der Waals surface area (Å²) < 4.78 is 57.2. The molecule has 30 heavy (non-hydrogen) atoms. The number of rotatable bonds is 6. The number of hydrogen-bond donors (Lipinski definition) is 1. The summed E-state index contributed by atoms with van der Waals surface area (Å²) in [6, 6.07) is 11.4. The summed E-state index contributed by atoms with van der Waals surface area (Å²) >= 11 is 0.